The Balaban J connectivity index is 2.23. The third-order valence-electron chi connectivity index (χ3n) is 3.98. The lowest BCUT2D eigenvalue weighted by Crippen LogP contribution is -2.49. The first-order chi connectivity index (χ1) is 12.2. The van der Waals surface area contributed by atoms with Crippen LogP contribution in [-0.2, 0) is 21.4 Å². The predicted molar refractivity (Wildman–Crippen MR) is 106 cm³/mol. The molecule has 0 bridgehead atoms. The predicted octanol–water partition coefficient (Wildman–Crippen LogP) is 3.51. The van der Waals surface area contributed by atoms with Gasteiger partial charge in [0, 0.05) is 11.6 Å². The molecule has 0 fully saturated rings. The molecule has 7 heteroatoms. The molecule has 0 radical (unpaired) electrons. The van der Waals surface area contributed by atoms with E-state index in [1.54, 1.807) is 31.2 Å². The first-order valence-electron chi connectivity index (χ1n) is 8.30. The Hall–Kier alpha value is -2.05. The van der Waals surface area contributed by atoms with Crippen molar-refractivity contribution >= 4 is 33.2 Å². The summed E-state index contributed by atoms with van der Waals surface area (Å²) in [6.45, 7) is 4.10. The summed E-state index contributed by atoms with van der Waals surface area (Å²) in [5.41, 5.74) is 2.46. The molecule has 1 N–H and O–H groups in total. The second-order valence-electron chi connectivity index (χ2n) is 6.17. The third kappa shape index (κ3) is 5.22. The van der Waals surface area contributed by atoms with Gasteiger partial charge in [0.2, 0.25) is 15.9 Å². The number of anilines is 1. The summed E-state index contributed by atoms with van der Waals surface area (Å²) >= 11 is 6.00. The van der Waals surface area contributed by atoms with Crippen LogP contribution in [0.4, 0.5) is 5.69 Å². The van der Waals surface area contributed by atoms with Crippen LogP contribution in [-0.4, -0.2) is 26.6 Å². The molecule has 0 aliphatic heterocycles. The van der Waals surface area contributed by atoms with Crippen molar-refractivity contribution < 1.29 is 13.2 Å². The van der Waals surface area contributed by atoms with Crippen LogP contribution < -0.4 is 9.62 Å². The van der Waals surface area contributed by atoms with Crippen molar-refractivity contribution in [3.63, 3.8) is 0 Å². The number of carbonyl (C=O) groups is 1. The molecule has 0 saturated heterocycles. The summed E-state index contributed by atoms with van der Waals surface area (Å²) < 4.78 is 25.9. The smallest absolute Gasteiger partial charge is 0.244 e. The molecule has 0 unspecified atom stereocenters. The molecule has 5 nitrogen and oxygen atoms in total. The number of rotatable bonds is 7. The number of carbonyl (C=O) groups excluding carboxylic acids is 1. The average Bonchev–Trinajstić information content (AvgIpc) is 2.57. The van der Waals surface area contributed by atoms with Crippen molar-refractivity contribution in [2.24, 2.45) is 0 Å². The van der Waals surface area contributed by atoms with Gasteiger partial charge in [-0.1, -0.05) is 54.4 Å². The van der Waals surface area contributed by atoms with E-state index in [1.807, 2.05) is 31.2 Å². The van der Waals surface area contributed by atoms with E-state index in [9.17, 15) is 13.2 Å². The molecule has 26 heavy (non-hydrogen) atoms. The zero-order valence-corrected chi connectivity index (χ0v) is 16.6. The maximum atomic E-state index is 12.7. The summed E-state index contributed by atoms with van der Waals surface area (Å²) in [5, 5.41) is 3.24. The van der Waals surface area contributed by atoms with E-state index in [0.29, 0.717) is 23.7 Å². The zero-order valence-electron chi connectivity index (χ0n) is 15.1. The SMILES string of the molecule is CC[C@@H](C(=O)NCc1ccc(C)cc1)N(c1cccc(Cl)c1)S(C)(=O)=O. The Morgan fingerprint density at radius 1 is 1.19 bits per heavy atom. The number of nitrogens with zero attached hydrogens (tertiary/aromatic N) is 1. The lowest BCUT2D eigenvalue weighted by Gasteiger charge is -2.30. The van der Waals surface area contributed by atoms with Gasteiger partial charge in [0.25, 0.3) is 0 Å². The van der Waals surface area contributed by atoms with E-state index in [1.165, 1.54) is 0 Å². The summed E-state index contributed by atoms with van der Waals surface area (Å²) in [6, 6.07) is 13.4. The Morgan fingerprint density at radius 3 is 2.38 bits per heavy atom. The molecule has 0 spiro atoms. The van der Waals surface area contributed by atoms with Crippen LogP contribution in [0.15, 0.2) is 48.5 Å². The van der Waals surface area contributed by atoms with Crippen molar-refractivity contribution in [2.75, 3.05) is 10.6 Å². The molecule has 2 aromatic rings. The highest BCUT2D eigenvalue weighted by Gasteiger charge is 2.31. The number of nitrogens with one attached hydrogen (secondary N) is 1. The highest BCUT2D eigenvalue weighted by atomic mass is 35.5. The van der Waals surface area contributed by atoms with Crippen LogP contribution in [0, 0.1) is 6.92 Å². The molecule has 0 aromatic heterocycles. The minimum Gasteiger partial charge on any atom is -0.350 e. The molecule has 140 valence electrons. The minimum atomic E-state index is -3.67. The van der Waals surface area contributed by atoms with Crippen LogP contribution in [0.1, 0.15) is 24.5 Å². The van der Waals surface area contributed by atoms with Crippen LogP contribution in [0.25, 0.3) is 0 Å². The summed E-state index contributed by atoms with van der Waals surface area (Å²) in [5.74, 6) is -0.349. The molecular weight excluding hydrogens is 372 g/mol. The van der Waals surface area contributed by atoms with Gasteiger partial charge in [-0.05, 0) is 37.1 Å². The number of aryl methyl sites for hydroxylation is 1. The van der Waals surface area contributed by atoms with E-state index in [0.717, 1.165) is 21.7 Å². The fourth-order valence-corrected chi connectivity index (χ4v) is 4.07. The topological polar surface area (TPSA) is 66.5 Å². The van der Waals surface area contributed by atoms with Gasteiger partial charge in [0.1, 0.15) is 6.04 Å². The summed E-state index contributed by atoms with van der Waals surface area (Å²) in [6.07, 6.45) is 1.42. The van der Waals surface area contributed by atoms with E-state index in [2.05, 4.69) is 5.32 Å². The Morgan fingerprint density at radius 2 is 1.85 bits per heavy atom. The van der Waals surface area contributed by atoms with Crippen molar-refractivity contribution in [1.82, 2.24) is 5.32 Å². The molecule has 2 aromatic carbocycles. The van der Waals surface area contributed by atoms with Gasteiger partial charge < -0.3 is 5.32 Å². The Kier molecular flexibility index (Phi) is 6.67. The summed E-state index contributed by atoms with van der Waals surface area (Å²) in [4.78, 5) is 12.7. The molecule has 0 saturated carbocycles. The first-order valence-corrected chi connectivity index (χ1v) is 10.5. The maximum Gasteiger partial charge on any atom is 0.244 e. The van der Waals surface area contributed by atoms with Crippen LogP contribution in [0.2, 0.25) is 5.02 Å². The highest BCUT2D eigenvalue weighted by Crippen LogP contribution is 2.25. The molecular formula is C19H23ClN2O3S. The van der Waals surface area contributed by atoms with Crippen molar-refractivity contribution in [1.29, 1.82) is 0 Å². The quantitative estimate of drug-likeness (QED) is 0.781. The normalized spacial score (nSPS) is 12.5. The molecule has 0 aliphatic carbocycles. The standard InChI is InChI=1S/C19H23ClN2O3S/c1-4-18(19(23)21-13-15-10-8-14(2)9-11-15)22(26(3,24)25)17-7-5-6-16(20)12-17/h5-12,18H,4,13H2,1-3H3,(H,21,23)/t18-/m0/s1. The molecule has 2 rings (SSSR count). The minimum absolute atomic E-state index is 0.333. The van der Waals surface area contributed by atoms with Gasteiger partial charge in [-0.2, -0.15) is 0 Å². The van der Waals surface area contributed by atoms with Gasteiger partial charge in [-0.15, -0.1) is 0 Å². The molecule has 0 aliphatic rings. The monoisotopic (exact) mass is 394 g/mol. The lowest BCUT2D eigenvalue weighted by atomic mass is 10.1. The molecule has 1 atom stereocenters. The highest BCUT2D eigenvalue weighted by molar-refractivity contribution is 7.92. The number of sulfonamides is 1. The average molecular weight is 395 g/mol. The second-order valence-corrected chi connectivity index (χ2v) is 8.46. The fraction of sp³-hybridized carbons (Fsp3) is 0.316. The van der Waals surface area contributed by atoms with Crippen molar-refractivity contribution in [3.05, 3.63) is 64.7 Å². The van der Waals surface area contributed by atoms with Crippen LogP contribution in [0.5, 0.6) is 0 Å². The van der Waals surface area contributed by atoms with Crippen LogP contribution in [0.3, 0.4) is 0 Å². The van der Waals surface area contributed by atoms with E-state index < -0.39 is 16.1 Å². The molecule has 1 amide bonds. The van der Waals surface area contributed by atoms with E-state index in [4.69, 9.17) is 11.6 Å². The number of benzene rings is 2. The number of hydrogen-bond acceptors (Lipinski definition) is 3. The maximum absolute atomic E-state index is 12.7. The Bertz CT molecular complexity index is 867. The lowest BCUT2D eigenvalue weighted by molar-refractivity contribution is -0.122. The van der Waals surface area contributed by atoms with Gasteiger partial charge >= 0.3 is 0 Å². The van der Waals surface area contributed by atoms with Crippen molar-refractivity contribution in [3.8, 4) is 0 Å². The second kappa shape index (κ2) is 8.56. The van der Waals surface area contributed by atoms with Crippen LogP contribution >= 0.6 is 11.6 Å². The largest absolute Gasteiger partial charge is 0.350 e. The van der Waals surface area contributed by atoms with E-state index >= 15 is 0 Å². The summed E-state index contributed by atoms with van der Waals surface area (Å²) in [7, 11) is -3.67. The van der Waals surface area contributed by atoms with Gasteiger partial charge in [-0.3, -0.25) is 9.10 Å². The number of halogens is 1. The first kappa shape index (κ1) is 20.3. The third-order valence-corrected chi connectivity index (χ3v) is 5.39. The molecule has 0 heterocycles. The van der Waals surface area contributed by atoms with Gasteiger partial charge in [0.05, 0.1) is 11.9 Å². The van der Waals surface area contributed by atoms with Gasteiger partial charge in [0.15, 0.2) is 0 Å². The van der Waals surface area contributed by atoms with Crippen molar-refractivity contribution in [2.45, 2.75) is 32.9 Å². The van der Waals surface area contributed by atoms with Gasteiger partial charge in [-0.25, -0.2) is 8.42 Å². The number of hydrogen-bond donors (Lipinski definition) is 1. The number of amides is 1. The zero-order chi connectivity index (χ0) is 19.3. The van der Waals surface area contributed by atoms with E-state index in [-0.39, 0.29) is 5.91 Å². The fourth-order valence-electron chi connectivity index (χ4n) is 2.69. The Labute approximate surface area is 160 Å².